The predicted octanol–water partition coefficient (Wildman–Crippen LogP) is 3.50. The Kier molecular flexibility index (Phi) is 5.06. The number of nitrogens with zero attached hydrogens (tertiary/aromatic N) is 4. The number of amides is 1. The molecule has 0 spiro atoms. The molecule has 8 nitrogen and oxygen atoms in total. The number of rotatable bonds is 5. The van der Waals surface area contributed by atoms with E-state index in [0.717, 1.165) is 0 Å². The van der Waals surface area contributed by atoms with Crippen LogP contribution in [0.4, 0.5) is 10.1 Å². The average molecular weight is 443 g/mol. The third kappa shape index (κ3) is 3.69. The van der Waals surface area contributed by atoms with Gasteiger partial charge in [-0.05, 0) is 36.4 Å². The van der Waals surface area contributed by atoms with Crippen LogP contribution in [0.3, 0.4) is 0 Å². The van der Waals surface area contributed by atoms with Gasteiger partial charge in [0.15, 0.2) is 11.5 Å². The molecule has 1 N–H and O–H groups in total. The number of para-hydroxylation sites is 2. The summed E-state index contributed by atoms with van der Waals surface area (Å²) in [7, 11) is 1.56. The lowest BCUT2D eigenvalue weighted by molar-refractivity contribution is -0.116. The lowest BCUT2D eigenvalue weighted by Crippen LogP contribution is -2.32. The molecular formula is C24H18FN5O3. The molecule has 0 fully saturated rings. The number of hydrogen-bond donors (Lipinski definition) is 1. The zero-order chi connectivity index (χ0) is 22.9. The Morgan fingerprint density at radius 3 is 2.67 bits per heavy atom. The van der Waals surface area contributed by atoms with E-state index >= 15 is 0 Å². The first-order valence-electron chi connectivity index (χ1n) is 10.1. The van der Waals surface area contributed by atoms with E-state index < -0.39 is 17.4 Å². The van der Waals surface area contributed by atoms with Crippen LogP contribution in [0.1, 0.15) is 0 Å². The number of carbonyl (C=O) groups is 1. The smallest absolute Gasteiger partial charge is 0.351 e. The largest absolute Gasteiger partial charge is 0.497 e. The molecule has 0 aliphatic carbocycles. The van der Waals surface area contributed by atoms with E-state index in [9.17, 15) is 14.0 Å². The fraction of sp³-hybridized carbons (Fsp3) is 0.0833. The number of fused-ring (bicyclic) bond motifs is 3. The second-order valence-corrected chi connectivity index (χ2v) is 7.32. The van der Waals surface area contributed by atoms with E-state index in [1.165, 1.54) is 27.3 Å². The van der Waals surface area contributed by atoms with E-state index in [-0.39, 0.29) is 12.2 Å². The van der Waals surface area contributed by atoms with Crippen molar-refractivity contribution in [2.75, 3.05) is 12.4 Å². The van der Waals surface area contributed by atoms with Gasteiger partial charge < -0.3 is 10.1 Å². The summed E-state index contributed by atoms with van der Waals surface area (Å²) in [6.07, 6.45) is 0. The molecule has 0 saturated heterocycles. The van der Waals surface area contributed by atoms with Crippen molar-refractivity contribution in [1.29, 1.82) is 0 Å². The summed E-state index contributed by atoms with van der Waals surface area (Å²) in [6.45, 7) is -0.321. The van der Waals surface area contributed by atoms with Gasteiger partial charge in [-0.25, -0.2) is 14.2 Å². The highest BCUT2D eigenvalue weighted by atomic mass is 19.1. The Balaban J connectivity index is 1.61. The quantitative estimate of drug-likeness (QED) is 0.449. The van der Waals surface area contributed by atoms with Crippen LogP contribution in [0.25, 0.3) is 27.9 Å². The summed E-state index contributed by atoms with van der Waals surface area (Å²) in [6, 6.07) is 20.2. The van der Waals surface area contributed by atoms with Gasteiger partial charge in [0.1, 0.15) is 18.1 Å². The number of halogens is 1. The number of hydrogen-bond acceptors (Lipinski definition) is 5. The van der Waals surface area contributed by atoms with Crippen molar-refractivity contribution in [2.45, 2.75) is 6.54 Å². The van der Waals surface area contributed by atoms with E-state index in [1.54, 1.807) is 43.5 Å². The first-order valence-corrected chi connectivity index (χ1v) is 10.1. The third-order valence-electron chi connectivity index (χ3n) is 5.23. The summed E-state index contributed by atoms with van der Waals surface area (Å²) >= 11 is 0. The van der Waals surface area contributed by atoms with Crippen molar-refractivity contribution >= 4 is 28.1 Å². The highest BCUT2D eigenvalue weighted by Gasteiger charge is 2.18. The molecule has 2 heterocycles. The van der Waals surface area contributed by atoms with Crippen molar-refractivity contribution in [3.63, 3.8) is 0 Å². The van der Waals surface area contributed by atoms with Crippen molar-refractivity contribution in [1.82, 2.24) is 19.2 Å². The Labute approximate surface area is 186 Å². The van der Waals surface area contributed by atoms with Crippen LogP contribution in [-0.4, -0.2) is 32.2 Å². The van der Waals surface area contributed by atoms with Gasteiger partial charge in [-0.1, -0.05) is 36.4 Å². The molecule has 3 aromatic carbocycles. The number of aromatic nitrogens is 4. The van der Waals surface area contributed by atoms with E-state index in [0.29, 0.717) is 33.7 Å². The lowest BCUT2D eigenvalue weighted by atomic mass is 10.2. The molecule has 5 aromatic rings. The van der Waals surface area contributed by atoms with Crippen LogP contribution in [0.2, 0.25) is 0 Å². The minimum Gasteiger partial charge on any atom is -0.497 e. The zero-order valence-electron chi connectivity index (χ0n) is 17.5. The molecule has 164 valence electrons. The monoisotopic (exact) mass is 443 g/mol. The summed E-state index contributed by atoms with van der Waals surface area (Å²) in [5, 5.41) is 7.56. The van der Waals surface area contributed by atoms with Gasteiger partial charge in [0.05, 0.1) is 18.3 Å². The Bertz CT molecular complexity index is 1570. The molecule has 0 radical (unpaired) electrons. The van der Waals surface area contributed by atoms with Crippen LogP contribution < -0.4 is 15.7 Å². The van der Waals surface area contributed by atoms with E-state index in [4.69, 9.17) is 4.74 Å². The minimum absolute atomic E-state index is 0.0435. The molecule has 1 amide bonds. The number of carbonyl (C=O) groups excluding carboxylic acids is 1. The van der Waals surface area contributed by atoms with Crippen LogP contribution in [0.5, 0.6) is 5.75 Å². The Morgan fingerprint density at radius 2 is 1.85 bits per heavy atom. The molecule has 5 rings (SSSR count). The van der Waals surface area contributed by atoms with Crippen LogP contribution >= 0.6 is 0 Å². The van der Waals surface area contributed by atoms with Crippen LogP contribution in [-0.2, 0) is 11.3 Å². The Morgan fingerprint density at radius 1 is 1.06 bits per heavy atom. The molecule has 0 unspecified atom stereocenters. The number of nitrogens with one attached hydrogen (secondary N) is 1. The Hall–Kier alpha value is -4.53. The third-order valence-corrected chi connectivity index (χ3v) is 5.23. The predicted molar refractivity (Wildman–Crippen MR) is 122 cm³/mol. The summed E-state index contributed by atoms with van der Waals surface area (Å²) in [4.78, 5) is 30.6. The van der Waals surface area contributed by atoms with E-state index in [1.807, 2.05) is 18.2 Å². The normalized spacial score (nSPS) is 11.1. The van der Waals surface area contributed by atoms with Gasteiger partial charge in [0.2, 0.25) is 5.91 Å². The van der Waals surface area contributed by atoms with Crippen LogP contribution in [0.15, 0.2) is 77.6 Å². The molecular weight excluding hydrogens is 425 g/mol. The van der Waals surface area contributed by atoms with Gasteiger partial charge in [-0.2, -0.15) is 4.52 Å². The fourth-order valence-corrected chi connectivity index (χ4v) is 3.67. The summed E-state index contributed by atoms with van der Waals surface area (Å²) < 4.78 is 21.7. The minimum atomic E-state index is -0.558. The highest BCUT2D eigenvalue weighted by Crippen LogP contribution is 2.24. The molecule has 0 bridgehead atoms. The summed E-state index contributed by atoms with van der Waals surface area (Å²) in [5.74, 6) is -0.110. The summed E-state index contributed by atoms with van der Waals surface area (Å²) in [5.41, 5.74) is 1.09. The maximum absolute atomic E-state index is 13.9. The zero-order valence-corrected chi connectivity index (χ0v) is 17.5. The molecule has 2 aromatic heterocycles. The maximum Gasteiger partial charge on any atom is 0.351 e. The lowest BCUT2D eigenvalue weighted by Gasteiger charge is -2.11. The second kappa shape index (κ2) is 8.19. The maximum atomic E-state index is 13.9. The number of anilines is 1. The number of methoxy groups -OCH3 is 1. The standard InChI is InChI=1S/C24H18FN5O3/c1-33-16-8-6-7-15(13-16)22-27-23-17-9-2-5-12-20(17)29(24(32)30(23)28-22)14-21(31)26-19-11-4-3-10-18(19)25/h2-13H,14H2,1H3,(H,26,31). The van der Waals surface area contributed by atoms with E-state index in [2.05, 4.69) is 15.4 Å². The first kappa shape index (κ1) is 20.4. The van der Waals surface area contributed by atoms with Gasteiger partial charge in [-0.3, -0.25) is 9.36 Å². The molecule has 0 atom stereocenters. The fourth-order valence-electron chi connectivity index (χ4n) is 3.67. The number of ether oxygens (including phenoxy) is 1. The van der Waals surface area contributed by atoms with Gasteiger partial charge in [-0.15, -0.1) is 5.10 Å². The van der Waals surface area contributed by atoms with Crippen LogP contribution in [0, 0.1) is 5.82 Å². The van der Waals surface area contributed by atoms with Crippen molar-refractivity contribution in [3.05, 3.63) is 89.1 Å². The van der Waals surface area contributed by atoms with Gasteiger partial charge >= 0.3 is 5.69 Å². The van der Waals surface area contributed by atoms with Crippen molar-refractivity contribution < 1.29 is 13.9 Å². The van der Waals surface area contributed by atoms with Crippen molar-refractivity contribution in [2.24, 2.45) is 0 Å². The molecule has 0 aliphatic rings. The van der Waals surface area contributed by atoms with Gasteiger partial charge in [0.25, 0.3) is 0 Å². The molecule has 33 heavy (non-hydrogen) atoms. The number of benzene rings is 3. The second-order valence-electron chi connectivity index (χ2n) is 7.32. The average Bonchev–Trinajstić information content (AvgIpc) is 3.29. The SMILES string of the molecule is COc1cccc(-c2nc3c4ccccc4n(CC(=O)Nc4ccccc4F)c(=O)n3n2)c1. The van der Waals surface area contributed by atoms with Gasteiger partial charge in [0, 0.05) is 10.9 Å². The van der Waals surface area contributed by atoms with Crippen molar-refractivity contribution in [3.8, 4) is 17.1 Å². The highest BCUT2D eigenvalue weighted by molar-refractivity contribution is 5.95. The first-order chi connectivity index (χ1) is 16.0. The topological polar surface area (TPSA) is 90.5 Å². The molecule has 0 aliphatic heterocycles. The molecule has 9 heteroatoms. The molecule has 0 saturated carbocycles.